The second-order valence-electron chi connectivity index (χ2n) is 7.20. The molecule has 5 rings (SSSR count). The van der Waals surface area contributed by atoms with Gasteiger partial charge in [0.15, 0.2) is 5.82 Å². The molecule has 0 saturated heterocycles. The number of fused-ring (bicyclic) bond motifs is 2. The zero-order valence-corrected chi connectivity index (χ0v) is 16.5. The number of hydrogen-bond donors (Lipinski definition) is 1. The molecule has 29 heavy (non-hydrogen) atoms. The van der Waals surface area contributed by atoms with Gasteiger partial charge in [0.1, 0.15) is 11.6 Å². The molecule has 0 fully saturated rings. The largest absolute Gasteiger partial charge is 0.321 e. The third kappa shape index (κ3) is 3.42. The van der Waals surface area contributed by atoms with Crippen molar-refractivity contribution >= 4 is 33.0 Å². The van der Waals surface area contributed by atoms with Crippen LogP contribution in [-0.4, -0.2) is 20.7 Å². The Morgan fingerprint density at radius 2 is 1.97 bits per heavy atom. The lowest BCUT2D eigenvalue weighted by Gasteiger charge is -2.10. The SMILES string of the molecule is O=C(Nc1ccc(F)c(-c2nnc3n2CCCCC3)c1)c1cc2ccccc2s1. The Bertz CT molecular complexity index is 1180. The van der Waals surface area contributed by atoms with Gasteiger partial charge in [0.25, 0.3) is 5.91 Å². The number of benzene rings is 2. The molecule has 0 spiro atoms. The molecule has 0 saturated carbocycles. The van der Waals surface area contributed by atoms with Crippen LogP contribution in [0.2, 0.25) is 0 Å². The van der Waals surface area contributed by atoms with Crippen LogP contribution in [0.5, 0.6) is 0 Å². The van der Waals surface area contributed by atoms with E-state index in [1.54, 1.807) is 12.1 Å². The minimum Gasteiger partial charge on any atom is -0.321 e. The van der Waals surface area contributed by atoms with Crippen molar-refractivity contribution in [3.8, 4) is 11.4 Å². The van der Waals surface area contributed by atoms with E-state index in [1.807, 2.05) is 34.9 Å². The van der Waals surface area contributed by atoms with Crippen molar-refractivity contribution in [1.82, 2.24) is 14.8 Å². The van der Waals surface area contributed by atoms with Crippen molar-refractivity contribution in [3.05, 3.63) is 65.0 Å². The van der Waals surface area contributed by atoms with E-state index < -0.39 is 0 Å². The van der Waals surface area contributed by atoms with Gasteiger partial charge in [0, 0.05) is 23.4 Å². The number of nitrogens with one attached hydrogen (secondary N) is 1. The van der Waals surface area contributed by atoms with Crippen molar-refractivity contribution in [1.29, 1.82) is 0 Å². The molecule has 2 aromatic heterocycles. The molecule has 1 N–H and O–H groups in total. The molecule has 0 bridgehead atoms. The first-order valence-corrected chi connectivity index (χ1v) is 10.5. The van der Waals surface area contributed by atoms with Gasteiger partial charge in [-0.1, -0.05) is 24.6 Å². The number of aromatic nitrogens is 3. The molecule has 7 heteroatoms. The summed E-state index contributed by atoms with van der Waals surface area (Å²) in [4.78, 5) is 13.3. The number of anilines is 1. The Hall–Kier alpha value is -3.06. The molecule has 146 valence electrons. The molecule has 0 radical (unpaired) electrons. The van der Waals surface area contributed by atoms with Gasteiger partial charge >= 0.3 is 0 Å². The van der Waals surface area contributed by atoms with E-state index in [2.05, 4.69) is 15.5 Å². The highest BCUT2D eigenvalue weighted by Crippen LogP contribution is 2.29. The molecule has 0 aliphatic carbocycles. The highest BCUT2D eigenvalue weighted by molar-refractivity contribution is 7.20. The summed E-state index contributed by atoms with van der Waals surface area (Å²) < 4.78 is 17.7. The van der Waals surface area contributed by atoms with E-state index >= 15 is 0 Å². The van der Waals surface area contributed by atoms with Crippen LogP contribution in [-0.2, 0) is 13.0 Å². The molecule has 1 amide bonds. The van der Waals surface area contributed by atoms with E-state index in [-0.39, 0.29) is 11.7 Å². The second kappa shape index (κ2) is 7.40. The number of nitrogens with zero attached hydrogens (tertiary/aromatic N) is 3. The molecule has 1 aliphatic heterocycles. The number of halogens is 1. The van der Waals surface area contributed by atoms with Crippen LogP contribution in [0.3, 0.4) is 0 Å². The van der Waals surface area contributed by atoms with E-state index in [4.69, 9.17) is 0 Å². The van der Waals surface area contributed by atoms with Crippen LogP contribution >= 0.6 is 11.3 Å². The number of amides is 1. The van der Waals surface area contributed by atoms with Crippen LogP contribution < -0.4 is 5.32 Å². The molecule has 1 aliphatic rings. The van der Waals surface area contributed by atoms with Crippen molar-refractivity contribution < 1.29 is 9.18 Å². The molecular formula is C22H19FN4OS. The fourth-order valence-electron chi connectivity index (χ4n) is 3.75. The third-order valence-electron chi connectivity index (χ3n) is 5.22. The third-order valence-corrected chi connectivity index (χ3v) is 6.34. The fraction of sp³-hybridized carbons (Fsp3) is 0.227. The average molecular weight is 406 g/mol. The van der Waals surface area contributed by atoms with Gasteiger partial charge in [-0.2, -0.15) is 0 Å². The lowest BCUT2D eigenvalue weighted by molar-refractivity contribution is 0.103. The van der Waals surface area contributed by atoms with Gasteiger partial charge in [0.05, 0.1) is 10.4 Å². The lowest BCUT2D eigenvalue weighted by Crippen LogP contribution is -2.10. The highest BCUT2D eigenvalue weighted by Gasteiger charge is 2.19. The monoisotopic (exact) mass is 406 g/mol. The number of rotatable bonds is 3. The Morgan fingerprint density at radius 1 is 1.07 bits per heavy atom. The molecular weight excluding hydrogens is 387 g/mol. The van der Waals surface area contributed by atoms with Gasteiger partial charge < -0.3 is 9.88 Å². The molecule has 2 aromatic carbocycles. The average Bonchev–Trinajstić information content (AvgIpc) is 3.27. The van der Waals surface area contributed by atoms with Crippen molar-refractivity contribution in [2.45, 2.75) is 32.2 Å². The van der Waals surface area contributed by atoms with E-state index in [1.165, 1.54) is 17.4 Å². The summed E-state index contributed by atoms with van der Waals surface area (Å²) in [7, 11) is 0. The minimum absolute atomic E-state index is 0.205. The minimum atomic E-state index is -0.371. The van der Waals surface area contributed by atoms with Gasteiger partial charge in [-0.25, -0.2) is 4.39 Å². The molecule has 5 nitrogen and oxygen atoms in total. The summed E-state index contributed by atoms with van der Waals surface area (Å²) in [6.07, 6.45) is 4.10. The molecule has 0 atom stereocenters. The summed E-state index contributed by atoms with van der Waals surface area (Å²) in [6, 6.07) is 14.3. The Kier molecular flexibility index (Phi) is 4.60. The normalized spacial score (nSPS) is 13.8. The lowest BCUT2D eigenvalue weighted by atomic mass is 10.1. The van der Waals surface area contributed by atoms with Crippen LogP contribution in [0.25, 0.3) is 21.5 Å². The maximum atomic E-state index is 14.6. The standard InChI is InChI=1S/C22H19FN4OS/c23-17-10-9-15(24-22(28)19-12-14-6-3-4-7-18(14)29-19)13-16(17)21-26-25-20-8-2-1-5-11-27(20)21/h3-4,6-7,9-10,12-13H,1-2,5,8,11H2,(H,24,28). The zero-order chi connectivity index (χ0) is 19.8. The van der Waals surface area contributed by atoms with Gasteiger partial charge in [0.2, 0.25) is 0 Å². The Morgan fingerprint density at radius 3 is 2.86 bits per heavy atom. The molecule has 3 heterocycles. The summed E-state index contributed by atoms with van der Waals surface area (Å²) in [5.41, 5.74) is 0.898. The Balaban J connectivity index is 1.45. The predicted octanol–water partition coefficient (Wildman–Crippen LogP) is 5.28. The van der Waals surface area contributed by atoms with Crippen molar-refractivity contribution in [2.24, 2.45) is 0 Å². The number of hydrogen-bond acceptors (Lipinski definition) is 4. The van der Waals surface area contributed by atoms with Crippen molar-refractivity contribution in [2.75, 3.05) is 5.32 Å². The predicted molar refractivity (Wildman–Crippen MR) is 113 cm³/mol. The first kappa shape index (κ1) is 18.0. The van der Waals surface area contributed by atoms with E-state index in [9.17, 15) is 9.18 Å². The first-order valence-electron chi connectivity index (χ1n) is 9.71. The number of carbonyl (C=O) groups excluding carboxylic acids is 1. The van der Waals surface area contributed by atoms with Crippen LogP contribution in [0, 0.1) is 5.82 Å². The van der Waals surface area contributed by atoms with E-state index in [0.717, 1.165) is 48.1 Å². The first-order chi connectivity index (χ1) is 14.2. The van der Waals surface area contributed by atoms with Gasteiger partial charge in [-0.15, -0.1) is 21.5 Å². The van der Waals surface area contributed by atoms with Gasteiger partial charge in [-0.05, 0) is 48.6 Å². The van der Waals surface area contributed by atoms with Crippen LogP contribution in [0.4, 0.5) is 10.1 Å². The zero-order valence-electron chi connectivity index (χ0n) is 15.7. The maximum Gasteiger partial charge on any atom is 0.265 e. The highest BCUT2D eigenvalue weighted by atomic mass is 32.1. The molecule has 0 unspecified atom stereocenters. The number of carbonyl (C=O) groups is 1. The van der Waals surface area contributed by atoms with Crippen molar-refractivity contribution in [3.63, 3.8) is 0 Å². The topological polar surface area (TPSA) is 59.8 Å². The Labute approximate surface area is 171 Å². The quantitative estimate of drug-likeness (QED) is 0.504. The molecule has 4 aromatic rings. The smallest absolute Gasteiger partial charge is 0.265 e. The number of aryl methyl sites for hydroxylation is 1. The summed E-state index contributed by atoms with van der Waals surface area (Å²) in [5, 5.41) is 12.4. The second-order valence-corrected chi connectivity index (χ2v) is 8.28. The van der Waals surface area contributed by atoms with Gasteiger partial charge in [-0.3, -0.25) is 4.79 Å². The fourth-order valence-corrected chi connectivity index (χ4v) is 4.70. The summed E-state index contributed by atoms with van der Waals surface area (Å²) >= 11 is 1.44. The number of thiophene rings is 1. The summed E-state index contributed by atoms with van der Waals surface area (Å²) in [6.45, 7) is 0.787. The summed E-state index contributed by atoms with van der Waals surface area (Å²) in [5.74, 6) is 0.849. The van der Waals surface area contributed by atoms with Crippen LogP contribution in [0.15, 0.2) is 48.5 Å². The maximum absolute atomic E-state index is 14.6. The van der Waals surface area contributed by atoms with E-state index in [0.29, 0.717) is 22.0 Å². The van der Waals surface area contributed by atoms with Crippen LogP contribution in [0.1, 0.15) is 34.8 Å².